The Labute approximate surface area is 130 Å². The number of aliphatic hydroxyl groups excluding tert-OH is 1. The smallest absolute Gasteiger partial charge is 0.201 e. The second-order valence-corrected chi connectivity index (χ2v) is 5.36. The van der Waals surface area contributed by atoms with Crippen molar-refractivity contribution in [1.82, 2.24) is 0 Å². The molecule has 0 saturated heterocycles. The molecule has 1 unspecified atom stereocenters. The van der Waals surface area contributed by atoms with E-state index >= 15 is 0 Å². The fourth-order valence-corrected chi connectivity index (χ4v) is 2.64. The summed E-state index contributed by atoms with van der Waals surface area (Å²) in [5.74, 6) is 0.320. The van der Waals surface area contributed by atoms with Gasteiger partial charge < -0.3 is 9.52 Å². The van der Waals surface area contributed by atoms with E-state index in [1.807, 2.05) is 51.1 Å². The van der Waals surface area contributed by atoms with Crippen LogP contribution in [0.1, 0.15) is 50.2 Å². The van der Waals surface area contributed by atoms with Crippen LogP contribution in [0.25, 0.3) is 16.5 Å². The number of hydrogen-bond donors (Lipinski definition) is 1. The summed E-state index contributed by atoms with van der Waals surface area (Å²) in [4.78, 5) is 13.0. The van der Waals surface area contributed by atoms with E-state index < -0.39 is 6.10 Å². The lowest BCUT2D eigenvalue weighted by Gasteiger charge is -2.13. The summed E-state index contributed by atoms with van der Waals surface area (Å²) in [6, 6.07) is 5.50. The van der Waals surface area contributed by atoms with Crippen LogP contribution in [0, 0.1) is 6.92 Å². The van der Waals surface area contributed by atoms with Crippen LogP contribution >= 0.6 is 0 Å². The Morgan fingerprint density at radius 3 is 2.73 bits per heavy atom. The minimum atomic E-state index is -0.849. The molecule has 2 aromatic rings. The van der Waals surface area contributed by atoms with Crippen molar-refractivity contribution in [2.45, 2.75) is 40.2 Å². The largest absolute Gasteiger partial charge is 0.457 e. The first kappa shape index (κ1) is 16.2. The van der Waals surface area contributed by atoms with Crippen LogP contribution in [0.2, 0.25) is 0 Å². The van der Waals surface area contributed by atoms with E-state index in [0.717, 1.165) is 17.6 Å². The van der Waals surface area contributed by atoms with Gasteiger partial charge in [0.2, 0.25) is 5.43 Å². The number of allylic oxidation sites excluding steroid dienone is 4. The van der Waals surface area contributed by atoms with Crippen LogP contribution in [0.4, 0.5) is 0 Å². The predicted molar refractivity (Wildman–Crippen MR) is 90.9 cm³/mol. The lowest BCUT2D eigenvalue weighted by atomic mass is 9.97. The van der Waals surface area contributed by atoms with Gasteiger partial charge in [0.1, 0.15) is 17.4 Å². The number of fused-ring (bicyclic) bond motifs is 1. The molecule has 0 aliphatic heterocycles. The quantitative estimate of drug-likeness (QED) is 0.844. The molecule has 0 aliphatic carbocycles. The van der Waals surface area contributed by atoms with E-state index in [1.165, 1.54) is 0 Å². The van der Waals surface area contributed by atoms with Gasteiger partial charge in [-0.15, -0.1) is 0 Å². The zero-order valence-electron chi connectivity index (χ0n) is 13.5. The molecule has 0 saturated carbocycles. The van der Waals surface area contributed by atoms with Crippen molar-refractivity contribution in [3.63, 3.8) is 0 Å². The summed E-state index contributed by atoms with van der Waals surface area (Å²) in [5, 5.41) is 10.6. The summed E-state index contributed by atoms with van der Waals surface area (Å²) in [7, 11) is 0. The molecular formula is C19H22O3. The van der Waals surface area contributed by atoms with Gasteiger partial charge in [-0.05, 0) is 44.4 Å². The fraction of sp³-hybridized carbons (Fsp3) is 0.316. The third-order valence-electron chi connectivity index (χ3n) is 3.59. The van der Waals surface area contributed by atoms with Crippen LogP contribution < -0.4 is 5.43 Å². The summed E-state index contributed by atoms with van der Waals surface area (Å²) in [6.45, 7) is 7.42. The van der Waals surface area contributed by atoms with Crippen molar-refractivity contribution >= 4 is 16.5 Å². The molecule has 1 atom stereocenters. The molecule has 0 aliphatic rings. The van der Waals surface area contributed by atoms with E-state index in [1.54, 1.807) is 13.0 Å². The molecule has 0 fully saturated rings. The molecule has 1 aromatic heterocycles. The average Bonchev–Trinajstić information content (AvgIpc) is 2.46. The summed E-state index contributed by atoms with van der Waals surface area (Å²) < 4.78 is 5.86. The standard InChI is InChI=1S/C19H22O3/c1-5-8-14(9-6-2)17-18(21)16-12(3)10-7-11-15(16)22-19(17)13(4)20/h5,7-11,13,20H,6H2,1-4H3/b8-5-,14-9+. The molecule has 2 rings (SSSR count). The van der Waals surface area contributed by atoms with E-state index in [0.29, 0.717) is 22.3 Å². The van der Waals surface area contributed by atoms with Gasteiger partial charge in [-0.1, -0.05) is 37.3 Å². The lowest BCUT2D eigenvalue weighted by molar-refractivity contribution is 0.170. The van der Waals surface area contributed by atoms with E-state index in [2.05, 4.69) is 0 Å². The highest BCUT2D eigenvalue weighted by Crippen LogP contribution is 2.28. The van der Waals surface area contributed by atoms with Gasteiger partial charge in [0, 0.05) is 0 Å². The first-order chi connectivity index (χ1) is 10.5. The minimum Gasteiger partial charge on any atom is -0.457 e. The number of benzene rings is 1. The van der Waals surface area contributed by atoms with Crippen LogP contribution in [0.15, 0.2) is 45.6 Å². The number of aryl methyl sites for hydroxylation is 1. The van der Waals surface area contributed by atoms with Gasteiger partial charge in [0.25, 0.3) is 0 Å². The Hall–Kier alpha value is -2.13. The number of aliphatic hydroxyl groups is 1. The van der Waals surface area contributed by atoms with Gasteiger partial charge in [0.15, 0.2) is 0 Å². The topological polar surface area (TPSA) is 50.4 Å². The highest BCUT2D eigenvalue weighted by Gasteiger charge is 2.20. The Balaban J connectivity index is 2.95. The summed E-state index contributed by atoms with van der Waals surface area (Å²) in [6.07, 6.45) is 5.69. The van der Waals surface area contributed by atoms with Crippen LogP contribution in [0.5, 0.6) is 0 Å². The molecule has 1 aromatic carbocycles. The minimum absolute atomic E-state index is 0.0898. The first-order valence-corrected chi connectivity index (χ1v) is 7.58. The Morgan fingerprint density at radius 1 is 1.41 bits per heavy atom. The van der Waals surface area contributed by atoms with Crippen molar-refractivity contribution < 1.29 is 9.52 Å². The Bertz CT molecular complexity index is 792. The Morgan fingerprint density at radius 2 is 2.14 bits per heavy atom. The van der Waals surface area contributed by atoms with Crippen molar-refractivity contribution in [3.05, 3.63) is 63.5 Å². The van der Waals surface area contributed by atoms with Crippen molar-refractivity contribution in [1.29, 1.82) is 0 Å². The zero-order chi connectivity index (χ0) is 16.3. The first-order valence-electron chi connectivity index (χ1n) is 7.58. The van der Waals surface area contributed by atoms with Gasteiger partial charge in [-0.3, -0.25) is 4.79 Å². The van der Waals surface area contributed by atoms with Crippen molar-refractivity contribution in [3.8, 4) is 0 Å². The lowest BCUT2D eigenvalue weighted by Crippen LogP contribution is -2.14. The van der Waals surface area contributed by atoms with E-state index in [4.69, 9.17) is 4.42 Å². The summed E-state index contributed by atoms with van der Waals surface area (Å²) >= 11 is 0. The Kier molecular flexibility index (Phi) is 4.99. The van der Waals surface area contributed by atoms with E-state index in [-0.39, 0.29) is 5.43 Å². The van der Waals surface area contributed by atoms with E-state index in [9.17, 15) is 9.90 Å². The average molecular weight is 298 g/mol. The molecule has 116 valence electrons. The highest BCUT2D eigenvalue weighted by atomic mass is 16.4. The molecule has 0 amide bonds. The maximum absolute atomic E-state index is 13.0. The molecule has 0 bridgehead atoms. The van der Waals surface area contributed by atoms with Gasteiger partial charge in [-0.25, -0.2) is 0 Å². The van der Waals surface area contributed by atoms with Crippen LogP contribution in [-0.4, -0.2) is 5.11 Å². The van der Waals surface area contributed by atoms with Crippen LogP contribution in [-0.2, 0) is 0 Å². The molecule has 0 radical (unpaired) electrons. The molecule has 3 heteroatoms. The number of rotatable bonds is 4. The zero-order valence-corrected chi connectivity index (χ0v) is 13.5. The van der Waals surface area contributed by atoms with Gasteiger partial charge in [0.05, 0.1) is 10.9 Å². The van der Waals surface area contributed by atoms with Crippen LogP contribution in [0.3, 0.4) is 0 Å². The maximum atomic E-state index is 13.0. The fourth-order valence-electron chi connectivity index (χ4n) is 2.64. The molecule has 22 heavy (non-hydrogen) atoms. The van der Waals surface area contributed by atoms with Gasteiger partial charge in [-0.2, -0.15) is 0 Å². The highest BCUT2D eigenvalue weighted by molar-refractivity contribution is 5.86. The molecular weight excluding hydrogens is 276 g/mol. The third kappa shape index (κ3) is 2.90. The molecule has 3 nitrogen and oxygen atoms in total. The maximum Gasteiger partial charge on any atom is 0.201 e. The second-order valence-electron chi connectivity index (χ2n) is 5.36. The van der Waals surface area contributed by atoms with Crippen molar-refractivity contribution in [2.24, 2.45) is 0 Å². The summed E-state index contributed by atoms with van der Waals surface area (Å²) in [5.41, 5.74) is 2.55. The number of hydrogen-bond acceptors (Lipinski definition) is 3. The predicted octanol–water partition coefficient (Wildman–Crippen LogP) is 4.52. The molecule has 0 spiro atoms. The van der Waals surface area contributed by atoms with Crippen molar-refractivity contribution in [2.75, 3.05) is 0 Å². The second kappa shape index (κ2) is 6.75. The monoisotopic (exact) mass is 298 g/mol. The third-order valence-corrected chi connectivity index (χ3v) is 3.59. The van der Waals surface area contributed by atoms with Gasteiger partial charge >= 0.3 is 0 Å². The SMILES string of the molecule is C/C=C\C(=C/CC)c1c(C(C)O)oc2cccc(C)c2c1=O. The molecule has 1 heterocycles. The molecule has 1 N–H and O–H groups in total. The normalized spacial score (nSPS) is 14.0.